The number of hydrogen-bond acceptors (Lipinski definition) is 5. The van der Waals surface area contributed by atoms with Gasteiger partial charge in [-0.05, 0) is 56.5 Å². The van der Waals surface area contributed by atoms with Crippen LogP contribution >= 0.6 is 0 Å². The molecule has 1 atom stereocenters. The number of nitrogens with zero attached hydrogens (tertiary/aromatic N) is 3. The van der Waals surface area contributed by atoms with Crippen LogP contribution in [0, 0.1) is 5.82 Å². The molecule has 1 amide bonds. The molecule has 8 heteroatoms. The Hall–Kier alpha value is -2.74. The molecule has 3 rings (SSSR count). The molecule has 7 nitrogen and oxygen atoms in total. The van der Waals surface area contributed by atoms with E-state index in [1.807, 2.05) is 0 Å². The number of rotatable bonds is 8. The molecule has 0 aliphatic carbocycles. The van der Waals surface area contributed by atoms with Crippen molar-refractivity contribution in [1.29, 1.82) is 0 Å². The van der Waals surface area contributed by atoms with E-state index in [0.29, 0.717) is 17.9 Å². The molecular formula is C22H29FN4O3. The number of amides is 1. The summed E-state index contributed by atoms with van der Waals surface area (Å²) in [6.07, 6.45) is 3.63. The first-order valence-electron chi connectivity index (χ1n) is 10.6. The van der Waals surface area contributed by atoms with Gasteiger partial charge in [-0.2, -0.15) is 0 Å². The third-order valence-electron chi connectivity index (χ3n) is 5.38. The van der Waals surface area contributed by atoms with Gasteiger partial charge in [0.15, 0.2) is 5.69 Å². The van der Waals surface area contributed by atoms with E-state index < -0.39 is 17.2 Å². The van der Waals surface area contributed by atoms with Crippen molar-refractivity contribution in [1.82, 2.24) is 19.8 Å². The summed E-state index contributed by atoms with van der Waals surface area (Å²) in [6, 6.07) is 5.68. The smallest absolute Gasteiger partial charge is 0.296 e. The van der Waals surface area contributed by atoms with Crippen LogP contribution in [-0.2, 0) is 13.1 Å². The van der Waals surface area contributed by atoms with Gasteiger partial charge in [-0.3, -0.25) is 19.1 Å². The van der Waals surface area contributed by atoms with E-state index >= 15 is 0 Å². The topological polar surface area (TPSA) is 87.5 Å². The van der Waals surface area contributed by atoms with Crippen LogP contribution in [0.15, 0.2) is 29.1 Å². The molecule has 1 unspecified atom stereocenters. The molecule has 0 fully saturated rings. The zero-order valence-corrected chi connectivity index (χ0v) is 17.5. The molecule has 1 aromatic heterocycles. The monoisotopic (exact) mass is 416 g/mol. The maximum absolute atomic E-state index is 13.0. The van der Waals surface area contributed by atoms with Crippen molar-refractivity contribution in [2.75, 3.05) is 13.1 Å². The Kier molecular flexibility index (Phi) is 7.20. The number of nitrogens with one attached hydrogen (secondary N) is 1. The van der Waals surface area contributed by atoms with Crippen molar-refractivity contribution in [2.24, 2.45) is 0 Å². The molecule has 1 aromatic carbocycles. The molecule has 0 saturated heterocycles. The van der Waals surface area contributed by atoms with Gasteiger partial charge in [-0.25, -0.2) is 9.37 Å². The lowest BCUT2D eigenvalue weighted by Gasteiger charge is -2.35. The van der Waals surface area contributed by atoms with Gasteiger partial charge in [-0.15, -0.1) is 0 Å². The van der Waals surface area contributed by atoms with Crippen LogP contribution in [0.2, 0.25) is 0 Å². The van der Waals surface area contributed by atoms with Gasteiger partial charge in [0.05, 0.1) is 6.04 Å². The van der Waals surface area contributed by atoms with Crippen LogP contribution in [0.5, 0.6) is 5.75 Å². The largest absolute Gasteiger partial charge is 0.501 e. The molecule has 162 valence electrons. The van der Waals surface area contributed by atoms with Gasteiger partial charge < -0.3 is 10.4 Å². The highest BCUT2D eigenvalue weighted by molar-refractivity contribution is 5.94. The second-order valence-corrected chi connectivity index (χ2v) is 7.63. The number of carbonyl (C=O) groups excluding carboxylic acids is 1. The number of carbonyl (C=O) groups is 1. The number of fused-ring (bicyclic) bond motifs is 1. The molecule has 0 spiro atoms. The fraction of sp³-hybridized carbons (Fsp3) is 0.500. The summed E-state index contributed by atoms with van der Waals surface area (Å²) < 4.78 is 14.5. The summed E-state index contributed by atoms with van der Waals surface area (Å²) in [6.45, 7) is 6.59. The van der Waals surface area contributed by atoms with Crippen LogP contribution in [0.1, 0.15) is 67.4 Å². The molecule has 30 heavy (non-hydrogen) atoms. The van der Waals surface area contributed by atoms with E-state index in [9.17, 15) is 19.1 Å². The minimum Gasteiger partial charge on any atom is -0.501 e. The molecule has 0 radical (unpaired) electrons. The minimum atomic E-state index is -0.631. The molecule has 0 saturated carbocycles. The summed E-state index contributed by atoms with van der Waals surface area (Å²) in [7, 11) is 0. The van der Waals surface area contributed by atoms with Crippen molar-refractivity contribution >= 4 is 5.91 Å². The van der Waals surface area contributed by atoms with E-state index in [2.05, 4.69) is 29.0 Å². The number of benzene rings is 1. The van der Waals surface area contributed by atoms with Gasteiger partial charge in [0.25, 0.3) is 11.5 Å². The predicted octanol–water partition coefficient (Wildman–Crippen LogP) is 2.97. The number of aromatic hydroxyl groups is 1. The third kappa shape index (κ3) is 4.70. The lowest BCUT2D eigenvalue weighted by Crippen LogP contribution is -2.40. The molecule has 0 bridgehead atoms. The number of halogens is 1. The lowest BCUT2D eigenvalue weighted by molar-refractivity contribution is 0.0938. The van der Waals surface area contributed by atoms with Gasteiger partial charge in [0.1, 0.15) is 11.6 Å². The van der Waals surface area contributed by atoms with Crippen LogP contribution < -0.4 is 10.9 Å². The second kappa shape index (κ2) is 9.84. The molecule has 1 aliphatic rings. The van der Waals surface area contributed by atoms with E-state index in [0.717, 1.165) is 38.8 Å². The maximum Gasteiger partial charge on any atom is 0.296 e. The predicted molar refractivity (Wildman–Crippen MR) is 112 cm³/mol. The highest BCUT2D eigenvalue weighted by Crippen LogP contribution is 2.30. The fourth-order valence-electron chi connectivity index (χ4n) is 3.97. The summed E-state index contributed by atoms with van der Waals surface area (Å²) in [4.78, 5) is 32.2. The van der Waals surface area contributed by atoms with Crippen LogP contribution in [0.3, 0.4) is 0 Å². The van der Waals surface area contributed by atoms with Crippen molar-refractivity contribution < 1.29 is 14.3 Å². The number of aromatic nitrogens is 2. The molecule has 2 aromatic rings. The first kappa shape index (κ1) is 22.0. The van der Waals surface area contributed by atoms with Crippen molar-refractivity contribution in [3.05, 3.63) is 57.5 Å². The van der Waals surface area contributed by atoms with Crippen LogP contribution in [0.25, 0.3) is 0 Å². The summed E-state index contributed by atoms with van der Waals surface area (Å²) in [5, 5.41) is 13.0. The average molecular weight is 416 g/mol. The second-order valence-electron chi connectivity index (χ2n) is 7.63. The normalized spacial score (nSPS) is 15.8. The zero-order chi connectivity index (χ0) is 21.7. The Bertz CT molecular complexity index is 937. The van der Waals surface area contributed by atoms with E-state index in [4.69, 9.17) is 0 Å². The third-order valence-corrected chi connectivity index (χ3v) is 5.38. The minimum absolute atomic E-state index is 0.0596. The Morgan fingerprint density at radius 3 is 2.57 bits per heavy atom. The van der Waals surface area contributed by atoms with Crippen molar-refractivity contribution in [2.45, 2.75) is 58.7 Å². The van der Waals surface area contributed by atoms with E-state index in [1.165, 1.54) is 16.7 Å². The first-order chi connectivity index (χ1) is 14.5. The quantitative estimate of drug-likeness (QED) is 0.691. The molecular weight excluding hydrogens is 387 g/mol. The van der Waals surface area contributed by atoms with Gasteiger partial charge in [-0.1, -0.05) is 26.0 Å². The van der Waals surface area contributed by atoms with Gasteiger partial charge in [0, 0.05) is 13.1 Å². The molecule has 2 N–H and O–H groups in total. The lowest BCUT2D eigenvalue weighted by atomic mass is 10.0. The van der Waals surface area contributed by atoms with Gasteiger partial charge in [0.2, 0.25) is 5.75 Å². The maximum atomic E-state index is 13.0. The van der Waals surface area contributed by atoms with E-state index in [1.54, 1.807) is 12.1 Å². The Morgan fingerprint density at radius 1 is 1.27 bits per heavy atom. The van der Waals surface area contributed by atoms with Crippen LogP contribution in [-0.4, -0.2) is 38.6 Å². The Morgan fingerprint density at radius 2 is 1.93 bits per heavy atom. The van der Waals surface area contributed by atoms with Crippen molar-refractivity contribution in [3.8, 4) is 5.75 Å². The molecule has 2 heterocycles. The van der Waals surface area contributed by atoms with Crippen molar-refractivity contribution in [3.63, 3.8) is 0 Å². The number of hydrogen-bond donors (Lipinski definition) is 2. The average Bonchev–Trinajstić information content (AvgIpc) is 2.75. The molecule has 1 aliphatic heterocycles. The zero-order valence-electron chi connectivity index (χ0n) is 17.5. The van der Waals surface area contributed by atoms with Gasteiger partial charge >= 0.3 is 0 Å². The van der Waals surface area contributed by atoms with E-state index in [-0.39, 0.29) is 24.1 Å². The highest BCUT2D eigenvalue weighted by atomic mass is 19.1. The summed E-state index contributed by atoms with van der Waals surface area (Å²) >= 11 is 0. The Balaban J connectivity index is 1.89. The standard InChI is InChI=1S/C22H29FN4O3/c1-3-11-26(12-4-2)17-6-5-13-27-20(17)25-18(19(28)22(27)30)21(29)24-14-15-7-9-16(23)10-8-15/h7-10,17,28H,3-6,11-14H2,1-2H3,(H,24,29). The highest BCUT2D eigenvalue weighted by Gasteiger charge is 2.31. The fourth-order valence-corrected chi connectivity index (χ4v) is 3.97. The first-order valence-corrected chi connectivity index (χ1v) is 10.6. The van der Waals surface area contributed by atoms with Crippen LogP contribution in [0.4, 0.5) is 4.39 Å². The summed E-state index contributed by atoms with van der Waals surface area (Å²) in [5.41, 5.74) is -0.133. The Labute approximate surface area is 175 Å². The summed E-state index contributed by atoms with van der Waals surface area (Å²) in [5.74, 6) is -1.08. The SMILES string of the molecule is CCCN(CCC)C1CCCn2c1nc(C(=O)NCc1ccc(F)cc1)c(O)c2=O.